The standard InChI is InChI=1S/C31H35N5O2/c1-35(2)18-31(9-10-31)19-38-29-14-28(36-16-22-7-8-23(17-36)33-22)30-27(34-29)12-21(15-32-30)26-13-24(37)11-20-5-3-4-6-25(20)26/h3-6,11-15,22-23,33,37H,7-10,16-19H2,1-2H3. The topological polar surface area (TPSA) is 73.8 Å². The van der Waals surface area contributed by atoms with E-state index in [1.54, 1.807) is 6.07 Å². The predicted octanol–water partition coefficient (Wildman–Crippen LogP) is 4.82. The molecule has 2 aromatic carbocycles. The molecule has 4 aromatic rings. The molecule has 7 heteroatoms. The van der Waals surface area contributed by atoms with Crippen LogP contribution in [0, 0.1) is 5.41 Å². The van der Waals surface area contributed by atoms with Crippen molar-refractivity contribution >= 4 is 27.5 Å². The number of benzene rings is 2. The van der Waals surface area contributed by atoms with Crippen molar-refractivity contribution in [2.75, 3.05) is 45.2 Å². The second kappa shape index (κ2) is 9.10. The Balaban J connectivity index is 1.31. The van der Waals surface area contributed by atoms with Crippen LogP contribution in [0.4, 0.5) is 5.69 Å². The van der Waals surface area contributed by atoms with Crippen LogP contribution in [0.2, 0.25) is 0 Å². The molecule has 7 nitrogen and oxygen atoms in total. The molecule has 196 valence electrons. The quantitative estimate of drug-likeness (QED) is 0.370. The number of piperazine rings is 1. The van der Waals surface area contributed by atoms with Crippen molar-refractivity contribution < 1.29 is 9.84 Å². The largest absolute Gasteiger partial charge is 0.508 e. The number of phenols is 1. The Morgan fingerprint density at radius 2 is 1.87 bits per heavy atom. The predicted molar refractivity (Wildman–Crippen MR) is 152 cm³/mol. The van der Waals surface area contributed by atoms with Gasteiger partial charge in [-0.1, -0.05) is 24.3 Å². The molecule has 7 rings (SSSR count). The Bertz CT molecular complexity index is 1500. The maximum Gasteiger partial charge on any atom is 0.216 e. The minimum atomic E-state index is 0.231. The van der Waals surface area contributed by atoms with Gasteiger partial charge in [0, 0.05) is 55.0 Å². The smallest absolute Gasteiger partial charge is 0.216 e. The zero-order valence-electron chi connectivity index (χ0n) is 22.2. The summed E-state index contributed by atoms with van der Waals surface area (Å²) in [6.07, 6.45) is 6.76. The monoisotopic (exact) mass is 509 g/mol. The van der Waals surface area contributed by atoms with E-state index in [1.165, 1.54) is 25.7 Å². The second-order valence-electron chi connectivity index (χ2n) is 11.9. The minimum absolute atomic E-state index is 0.231. The van der Waals surface area contributed by atoms with E-state index in [9.17, 15) is 5.11 Å². The Morgan fingerprint density at radius 1 is 1.08 bits per heavy atom. The lowest BCUT2D eigenvalue weighted by Crippen LogP contribution is -2.51. The number of rotatable bonds is 7. The third-order valence-corrected chi connectivity index (χ3v) is 8.45. The Hall–Kier alpha value is -3.42. The van der Waals surface area contributed by atoms with Crippen molar-refractivity contribution in [2.45, 2.75) is 37.8 Å². The van der Waals surface area contributed by atoms with Crippen molar-refractivity contribution in [3.8, 4) is 22.8 Å². The van der Waals surface area contributed by atoms with E-state index in [1.807, 2.05) is 30.5 Å². The fraction of sp³-hybridized carbons (Fsp3) is 0.419. The van der Waals surface area contributed by atoms with E-state index in [0.29, 0.717) is 24.6 Å². The van der Waals surface area contributed by atoms with Crippen molar-refractivity contribution in [1.29, 1.82) is 0 Å². The molecule has 0 spiro atoms. The van der Waals surface area contributed by atoms with Gasteiger partial charge in [-0.25, -0.2) is 4.98 Å². The summed E-state index contributed by atoms with van der Waals surface area (Å²) in [5, 5.41) is 16.3. The zero-order chi connectivity index (χ0) is 25.9. The molecule has 3 aliphatic rings. The average Bonchev–Trinajstić information content (AvgIpc) is 3.59. The summed E-state index contributed by atoms with van der Waals surface area (Å²) >= 11 is 0. The molecule has 2 saturated heterocycles. The maximum absolute atomic E-state index is 10.4. The molecule has 1 aliphatic carbocycles. The summed E-state index contributed by atoms with van der Waals surface area (Å²) < 4.78 is 6.43. The van der Waals surface area contributed by atoms with Crippen molar-refractivity contribution in [2.24, 2.45) is 5.41 Å². The van der Waals surface area contributed by atoms with E-state index in [-0.39, 0.29) is 11.2 Å². The maximum atomic E-state index is 10.4. The van der Waals surface area contributed by atoms with Crippen LogP contribution in [-0.4, -0.2) is 72.4 Å². The molecule has 2 unspecified atom stereocenters. The Labute approximate surface area is 223 Å². The first kappa shape index (κ1) is 23.7. The molecular formula is C31H35N5O2. The highest BCUT2D eigenvalue weighted by molar-refractivity contribution is 6.00. The summed E-state index contributed by atoms with van der Waals surface area (Å²) in [4.78, 5) is 14.7. The second-order valence-corrected chi connectivity index (χ2v) is 11.9. The van der Waals surface area contributed by atoms with Crippen molar-refractivity contribution in [1.82, 2.24) is 20.2 Å². The molecule has 2 bridgehead atoms. The van der Waals surface area contributed by atoms with Crippen LogP contribution >= 0.6 is 0 Å². The van der Waals surface area contributed by atoms with Gasteiger partial charge < -0.3 is 25.0 Å². The van der Waals surface area contributed by atoms with Gasteiger partial charge in [-0.15, -0.1) is 0 Å². The molecule has 1 saturated carbocycles. The summed E-state index contributed by atoms with van der Waals surface area (Å²) in [6.45, 7) is 3.66. The third-order valence-electron chi connectivity index (χ3n) is 8.45. The molecule has 0 radical (unpaired) electrons. The lowest BCUT2D eigenvalue weighted by atomic mass is 9.98. The molecule has 3 fully saturated rings. The molecule has 38 heavy (non-hydrogen) atoms. The SMILES string of the molecule is CN(C)CC1(COc2cc(N3CC4CCC(C3)N4)c3ncc(-c4cc(O)cc5ccccc45)cc3n2)CC1. The van der Waals surface area contributed by atoms with Crippen LogP contribution in [0.25, 0.3) is 32.9 Å². The van der Waals surface area contributed by atoms with Gasteiger partial charge in [0.15, 0.2) is 0 Å². The summed E-state index contributed by atoms with van der Waals surface area (Å²) in [7, 11) is 4.26. The minimum Gasteiger partial charge on any atom is -0.508 e. The first-order chi connectivity index (χ1) is 18.4. The average molecular weight is 510 g/mol. The number of phenolic OH excluding ortho intramolecular Hbond substituents is 1. The number of aromatic hydroxyl groups is 1. The lowest BCUT2D eigenvalue weighted by molar-refractivity contribution is 0.189. The number of nitrogens with zero attached hydrogens (tertiary/aromatic N) is 4. The Kier molecular flexibility index (Phi) is 5.67. The van der Waals surface area contributed by atoms with Gasteiger partial charge in [-0.05, 0) is 74.3 Å². The number of fused-ring (bicyclic) bond motifs is 4. The molecule has 0 amide bonds. The number of nitrogens with one attached hydrogen (secondary N) is 1. The lowest BCUT2D eigenvalue weighted by Gasteiger charge is -2.35. The molecule has 2 N–H and O–H groups in total. The molecule has 2 aliphatic heterocycles. The van der Waals surface area contributed by atoms with Gasteiger partial charge in [0.1, 0.15) is 11.3 Å². The summed E-state index contributed by atoms with van der Waals surface area (Å²) in [5.41, 5.74) is 4.95. The van der Waals surface area contributed by atoms with Crippen LogP contribution in [0.1, 0.15) is 25.7 Å². The summed E-state index contributed by atoms with van der Waals surface area (Å²) in [5.74, 6) is 0.916. The van der Waals surface area contributed by atoms with Gasteiger partial charge in [0.25, 0.3) is 0 Å². The first-order valence-electron chi connectivity index (χ1n) is 13.8. The van der Waals surface area contributed by atoms with Gasteiger partial charge in [0.2, 0.25) is 5.88 Å². The fourth-order valence-electron chi connectivity index (χ4n) is 6.48. The highest BCUT2D eigenvalue weighted by atomic mass is 16.5. The van der Waals surface area contributed by atoms with E-state index in [2.05, 4.69) is 47.4 Å². The highest BCUT2D eigenvalue weighted by Crippen LogP contribution is 2.46. The summed E-state index contributed by atoms with van der Waals surface area (Å²) in [6, 6.07) is 17.0. The van der Waals surface area contributed by atoms with E-state index >= 15 is 0 Å². The number of aromatic nitrogens is 2. The first-order valence-corrected chi connectivity index (χ1v) is 13.8. The fourth-order valence-corrected chi connectivity index (χ4v) is 6.48. The molecule has 4 heterocycles. The van der Waals surface area contributed by atoms with Gasteiger partial charge in [-0.3, -0.25) is 4.98 Å². The van der Waals surface area contributed by atoms with Crippen LogP contribution < -0.4 is 15.0 Å². The number of pyridine rings is 2. The normalized spacial score (nSPS) is 21.9. The number of hydrogen-bond donors (Lipinski definition) is 2. The number of ether oxygens (including phenoxy) is 1. The van der Waals surface area contributed by atoms with E-state index < -0.39 is 0 Å². The molecule has 2 aromatic heterocycles. The van der Waals surface area contributed by atoms with Crippen molar-refractivity contribution in [3.05, 3.63) is 54.7 Å². The molecular weight excluding hydrogens is 474 g/mol. The van der Waals surface area contributed by atoms with Gasteiger partial charge in [0.05, 0.1) is 17.8 Å². The molecule has 2 atom stereocenters. The number of hydrogen-bond acceptors (Lipinski definition) is 7. The van der Waals surface area contributed by atoms with Crippen LogP contribution in [0.3, 0.4) is 0 Å². The highest BCUT2D eigenvalue weighted by Gasteiger charge is 2.44. The van der Waals surface area contributed by atoms with Gasteiger partial charge in [-0.2, -0.15) is 0 Å². The van der Waals surface area contributed by atoms with Crippen LogP contribution in [-0.2, 0) is 0 Å². The van der Waals surface area contributed by atoms with Gasteiger partial charge >= 0.3 is 0 Å². The van der Waals surface area contributed by atoms with Crippen molar-refractivity contribution in [3.63, 3.8) is 0 Å². The van der Waals surface area contributed by atoms with E-state index in [0.717, 1.165) is 58.3 Å². The van der Waals surface area contributed by atoms with Crippen LogP contribution in [0.5, 0.6) is 11.6 Å². The zero-order valence-corrected chi connectivity index (χ0v) is 22.2. The van der Waals surface area contributed by atoms with Crippen LogP contribution in [0.15, 0.2) is 54.7 Å². The number of anilines is 1. The Morgan fingerprint density at radius 3 is 2.63 bits per heavy atom. The third kappa shape index (κ3) is 4.44. The van der Waals surface area contributed by atoms with E-state index in [4.69, 9.17) is 14.7 Å².